The Hall–Kier alpha value is -3.06. The van der Waals surface area contributed by atoms with Gasteiger partial charge in [0, 0.05) is 17.9 Å². The molecule has 1 heterocycles. The maximum absolute atomic E-state index is 11.3. The average Bonchev–Trinajstić information content (AvgIpc) is 2.96. The number of amides is 1. The number of nitrogens with zero attached hydrogens (tertiary/aromatic N) is 1. The predicted octanol–water partition coefficient (Wildman–Crippen LogP) is 3.36. The number of anilines is 3. The maximum atomic E-state index is 11.3. The number of benzene rings is 2. The molecule has 25 heavy (non-hydrogen) atoms. The van der Waals surface area contributed by atoms with E-state index in [0.29, 0.717) is 22.9 Å². The number of phenols is 1. The molecule has 0 radical (unpaired) electrons. The first-order valence-electron chi connectivity index (χ1n) is 7.70. The summed E-state index contributed by atoms with van der Waals surface area (Å²) in [6.07, 6.45) is 1.96. The molecule has 3 rings (SSSR count). The molecule has 0 saturated carbocycles. The van der Waals surface area contributed by atoms with E-state index in [1.54, 1.807) is 6.07 Å². The molecule has 5 N–H and O–H groups in total. The number of rotatable bonds is 6. The number of aromatic nitrogens is 1. The monoisotopic (exact) mass is 354 g/mol. The number of nitrogens with two attached hydrogens (primary N) is 1. The molecule has 0 saturated heterocycles. The lowest BCUT2D eigenvalue weighted by atomic mass is 10.1. The third kappa shape index (κ3) is 4.07. The zero-order valence-corrected chi connectivity index (χ0v) is 14.3. The van der Waals surface area contributed by atoms with Gasteiger partial charge in [-0.3, -0.25) is 4.79 Å². The Bertz CT molecular complexity index is 936. The molecular weight excluding hydrogens is 336 g/mol. The van der Waals surface area contributed by atoms with E-state index in [2.05, 4.69) is 22.2 Å². The summed E-state index contributed by atoms with van der Waals surface area (Å²) in [5.41, 5.74) is 8.84. The van der Waals surface area contributed by atoms with Crippen molar-refractivity contribution >= 4 is 44.0 Å². The number of aromatic hydroxyl groups is 1. The third-order valence-electron chi connectivity index (χ3n) is 3.61. The number of carbonyl (C=O) groups is 1. The summed E-state index contributed by atoms with van der Waals surface area (Å²) in [5, 5.41) is 16.5. The predicted molar refractivity (Wildman–Crippen MR) is 103 cm³/mol. The van der Waals surface area contributed by atoms with E-state index >= 15 is 0 Å². The molecule has 1 amide bonds. The lowest BCUT2D eigenvalue weighted by Crippen LogP contribution is -2.08. The quantitative estimate of drug-likeness (QED) is 0.509. The minimum absolute atomic E-state index is 0.148. The Morgan fingerprint density at radius 2 is 2.12 bits per heavy atom. The van der Waals surface area contributed by atoms with Crippen LogP contribution < -0.4 is 16.4 Å². The number of phenolic OH excluding ortho intramolecular Hbond substituents is 1. The highest BCUT2D eigenvalue weighted by Gasteiger charge is 2.08. The van der Waals surface area contributed by atoms with Crippen molar-refractivity contribution in [2.45, 2.75) is 6.42 Å². The van der Waals surface area contributed by atoms with Crippen LogP contribution in [0.25, 0.3) is 10.2 Å². The summed E-state index contributed by atoms with van der Waals surface area (Å²) in [6, 6.07) is 11.2. The molecule has 6 nitrogen and oxygen atoms in total. The first-order valence-corrected chi connectivity index (χ1v) is 8.52. The van der Waals surface area contributed by atoms with Gasteiger partial charge in [0.2, 0.25) is 5.91 Å². The summed E-state index contributed by atoms with van der Waals surface area (Å²) in [7, 11) is 0. The molecule has 0 spiro atoms. The van der Waals surface area contributed by atoms with Crippen LogP contribution in [0.4, 0.5) is 16.5 Å². The first-order chi connectivity index (χ1) is 12.0. The lowest BCUT2D eigenvalue weighted by Gasteiger charge is -2.09. The zero-order chi connectivity index (χ0) is 17.8. The Balaban J connectivity index is 1.64. The zero-order valence-electron chi connectivity index (χ0n) is 13.5. The highest BCUT2D eigenvalue weighted by Crippen LogP contribution is 2.31. The van der Waals surface area contributed by atoms with Crippen LogP contribution in [0.2, 0.25) is 0 Å². The molecule has 0 aliphatic heterocycles. The number of fused-ring (bicyclic) bond motifs is 1. The molecule has 128 valence electrons. The highest BCUT2D eigenvalue weighted by molar-refractivity contribution is 7.22. The fraction of sp³-hybridized carbons (Fsp3) is 0.111. The molecular formula is C18H18N4O2S. The highest BCUT2D eigenvalue weighted by atomic mass is 32.1. The number of nitrogens with one attached hydrogen (secondary N) is 2. The molecule has 2 aromatic carbocycles. The summed E-state index contributed by atoms with van der Waals surface area (Å²) >= 11 is 1.36. The Kier molecular flexibility index (Phi) is 4.85. The average molecular weight is 354 g/mol. The number of nitrogen functional groups attached to an aromatic ring is 1. The first kappa shape index (κ1) is 16.8. The van der Waals surface area contributed by atoms with Crippen molar-refractivity contribution in [1.82, 2.24) is 4.98 Å². The Morgan fingerprint density at radius 3 is 2.92 bits per heavy atom. The normalized spacial score (nSPS) is 10.6. The van der Waals surface area contributed by atoms with Crippen molar-refractivity contribution in [3.63, 3.8) is 0 Å². The van der Waals surface area contributed by atoms with Gasteiger partial charge >= 0.3 is 0 Å². The van der Waals surface area contributed by atoms with Crippen molar-refractivity contribution < 1.29 is 9.90 Å². The van der Waals surface area contributed by atoms with Gasteiger partial charge in [0.25, 0.3) is 0 Å². The van der Waals surface area contributed by atoms with E-state index in [1.165, 1.54) is 17.4 Å². The minimum Gasteiger partial charge on any atom is -0.506 e. The van der Waals surface area contributed by atoms with E-state index in [9.17, 15) is 9.90 Å². The largest absolute Gasteiger partial charge is 0.506 e. The minimum atomic E-state index is -0.246. The fourth-order valence-electron chi connectivity index (χ4n) is 2.48. The van der Waals surface area contributed by atoms with E-state index < -0.39 is 0 Å². The fourth-order valence-corrected chi connectivity index (χ4v) is 3.30. The second kappa shape index (κ2) is 7.23. The molecule has 0 atom stereocenters. The van der Waals surface area contributed by atoms with Crippen molar-refractivity contribution in [3.8, 4) is 5.75 Å². The van der Waals surface area contributed by atoms with E-state index in [0.717, 1.165) is 22.4 Å². The van der Waals surface area contributed by atoms with Crippen molar-refractivity contribution in [2.24, 2.45) is 0 Å². The van der Waals surface area contributed by atoms with Gasteiger partial charge in [0.05, 0.1) is 4.70 Å². The smallest absolute Gasteiger partial charge is 0.247 e. The molecule has 7 heteroatoms. The van der Waals surface area contributed by atoms with Crippen molar-refractivity contribution in [3.05, 3.63) is 54.6 Å². The molecule has 3 aromatic rings. The van der Waals surface area contributed by atoms with Crippen LogP contribution in [0, 0.1) is 0 Å². The van der Waals surface area contributed by atoms with Gasteiger partial charge in [-0.05, 0) is 48.4 Å². The summed E-state index contributed by atoms with van der Waals surface area (Å²) in [5.74, 6) is -0.0978. The molecule has 0 unspecified atom stereocenters. The Labute approximate surface area is 149 Å². The van der Waals surface area contributed by atoms with Crippen LogP contribution in [0.3, 0.4) is 0 Å². The number of hydrogen-bond acceptors (Lipinski definition) is 6. The summed E-state index contributed by atoms with van der Waals surface area (Å²) in [4.78, 5) is 15.5. The van der Waals surface area contributed by atoms with Crippen molar-refractivity contribution in [2.75, 3.05) is 22.9 Å². The van der Waals surface area contributed by atoms with Crippen LogP contribution in [-0.2, 0) is 11.2 Å². The second-order valence-corrected chi connectivity index (χ2v) is 6.53. The second-order valence-electron chi connectivity index (χ2n) is 5.46. The molecule has 0 bridgehead atoms. The van der Waals surface area contributed by atoms with Crippen molar-refractivity contribution in [1.29, 1.82) is 0 Å². The molecule has 0 aliphatic rings. The van der Waals surface area contributed by atoms with Crippen LogP contribution in [0.5, 0.6) is 5.75 Å². The van der Waals surface area contributed by atoms with Gasteiger partial charge in [-0.15, -0.1) is 0 Å². The lowest BCUT2D eigenvalue weighted by molar-refractivity contribution is -0.111. The Morgan fingerprint density at radius 1 is 1.32 bits per heavy atom. The van der Waals surface area contributed by atoms with Crippen LogP contribution >= 0.6 is 11.3 Å². The van der Waals surface area contributed by atoms with Crippen LogP contribution in [0.15, 0.2) is 49.1 Å². The molecule has 0 fully saturated rings. The topological polar surface area (TPSA) is 100 Å². The summed E-state index contributed by atoms with van der Waals surface area (Å²) < 4.78 is 0.877. The number of carbonyl (C=O) groups excluding carboxylic acids is 1. The van der Waals surface area contributed by atoms with Gasteiger partial charge in [-0.1, -0.05) is 24.0 Å². The molecule has 1 aromatic heterocycles. The van der Waals surface area contributed by atoms with E-state index in [4.69, 9.17) is 5.73 Å². The summed E-state index contributed by atoms with van der Waals surface area (Å²) in [6.45, 7) is 4.11. The van der Waals surface area contributed by atoms with Gasteiger partial charge in [0.15, 0.2) is 5.13 Å². The maximum Gasteiger partial charge on any atom is 0.247 e. The van der Waals surface area contributed by atoms with Gasteiger partial charge < -0.3 is 21.5 Å². The van der Waals surface area contributed by atoms with Gasteiger partial charge in [-0.2, -0.15) is 0 Å². The molecule has 0 aliphatic carbocycles. The standard InChI is InChI=1S/C18H18N4O2S/c1-2-16(24)21-13-5-3-4-12(10-13)20-7-6-11-8-14(23)17-15(9-11)25-18(19)22-17/h2-5,8-10,20,23H,1,6-7H2,(H2,19,22)(H,21,24). The van der Waals surface area contributed by atoms with Crippen LogP contribution in [-0.4, -0.2) is 22.5 Å². The van der Waals surface area contributed by atoms with Gasteiger partial charge in [-0.25, -0.2) is 4.98 Å². The number of hydrogen-bond donors (Lipinski definition) is 4. The van der Waals surface area contributed by atoms with E-state index in [-0.39, 0.29) is 11.7 Å². The third-order valence-corrected chi connectivity index (χ3v) is 4.44. The van der Waals surface area contributed by atoms with Crippen LogP contribution in [0.1, 0.15) is 5.56 Å². The van der Waals surface area contributed by atoms with Gasteiger partial charge in [0.1, 0.15) is 11.3 Å². The number of thiazole rings is 1. The SMILES string of the molecule is C=CC(=O)Nc1cccc(NCCc2cc(O)c3nc(N)sc3c2)c1. The van der Waals surface area contributed by atoms with E-state index in [1.807, 2.05) is 30.3 Å².